The second-order valence-corrected chi connectivity index (χ2v) is 18.5. The van der Waals surface area contributed by atoms with Crippen LogP contribution in [0, 0.1) is 0 Å². The molecular formula is C19H29ClOSSi. The third kappa shape index (κ3) is 4.98. The van der Waals surface area contributed by atoms with E-state index in [-0.39, 0.29) is 10.7 Å². The predicted octanol–water partition coefficient (Wildman–Crippen LogP) is 6.20. The molecule has 1 aliphatic carbocycles. The monoisotopic (exact) mass is 368 g/mol. The van der Waals surface area contributed by atoms with Crippen LogP contribution in [0.4, 0.5) is 0 Å². The van der Waals surface area contributed by atoms with E-state index < -0.39 is 17.3 Å². The van der Waals surface area contributed by atoms with Crippen molar-refractivity contribution >= 4 is 33.8 Å². The minimum absolute atomic E-state index is 0.00248. The topological polar surface area (TPSA) is 17.1 Å². The molecule has 0 amide bonds. The summed E-state index contributed by atoms with van der Waals surface area (Å²) < 4.78 is 0. The van der Waals surface area contributed by atoms with Gasteiger partial charge in [-0.05, 0) is 31.9 Å². The average molecular weight is 369 g/mol. The summed E-state index contributed by atoms with van der Waals surface area (Å²) in [7, 11) is 3.84. The van der Waals surface area contributed by atoms with Crippen molar-refractivity contribution in [3.63, 3.8) is 0 Å². The van der Waals surface area contributed by atoms with Gasteiger partial charge in [-0.25, -0.2) is 0 Å². The van der Waals surface area contributed by atoms with Gasteiger partial charge in [0, 0.05) is 11.3 Å². The van der Waals surface area contributed by atoms with Gasteiger partial charge in [-0.15, -0.1) is 0 Å². The third-order valence-corrected chi connectivity index (χ3v) is 13.4. The predicted molar refractivity (Wildman–Crippen MR) is 109 cm³/mol. The second-order valence-electron chi connectivity index (χ2n) is 7.76. The lowest BCUT2D eigenvalue weighted by Gasteiger charge is -2.42. The van der Waals surface area contributed by atoms with Gasteiger partial charge >= 0.3 is 0 Å². The number of ketones is 1. The molecule has 2 rings (SSSR count). The van der Waals surface area contributed by atoms with Crippen LogP contribution in [0.5, 0.6) is 0 Å². The number of halogens is 1. The molecule has 0 spiro atoms. The molecule has 0 radical (unpaired) electrons. The highest BCUT2D eigenvalue weighted by Gasteiger charge is 2.42. The molecule has 0 aromatic heterocycles. The maximum Gasteiger partial charge on any atom is 0.172 e. The minimum atomic E-state index is -1.72. The van der Waals surface area contributed by atoms with Gasteiger partial charge < -0.3 is 0 Å². The fourth-order valence-electron chi connectivity index (χ4n) is 3.52. The largest absolute Gasteiger partial charge is 0.293 e. The summed E-state index contributed by atoms with van der Waals surface area (Å²) in [5.41, 5.74) is 2.36. The number of hydrogen-bond donors (Lipinski definition) is 0. The first kappa shape index (κ1) is 18.8. The van der Waals surface area contributed by atoms with Crippen molar-refractivity contribution in [2.24, 2.45) is 0 Å². The van der Waals surface area contributed by atoms with Gasteiger partial charge in [0.15, 0.2) is 5.78 Å². The van der Waals surface area contributed by atoms with E-state index in [9.17, 15) is 4.79 Å². The van der Waals surface area contributed by atoms with Crippen LogP contribution in [0.1, 0.15) is 36.0 Å². The molecule has 0 heterocycles. The van der Waals surface area contributed by atoms with E-state index in [4.69, 9.17) is 10.7 Å². The van der Waals surface area contributed by atoms with Crippen LogP contribution in [0.15, 0.2) is 42.0 Å². The van der Waals surface area contributed by atoms with E-state index in [2.05, 4.69) is 32.0 Å². The Morgan fingerprint density at radius 3 is 2.30 bits per heavy atom. The van der Waals surface area contributed by atoms with Crippen LogP contribution >= 0.6 is 19.9 Å². The van der Waals surface area contributed by atoms with Gasteiger partial charge in [-0.3, -0.25) is 4.79 Å². The lowest BCUT2D eigenvalue weighted by molar-refractivity contribution is 0.101. The van der Waals surface area contributed by atoms with Crippen molar-refractivity contribution in [3.8, 4) is 0 Å². The van der Waals surface area contributed by atoms with Crippen LogP contribution in [-0.4, -0.2) is 30.7 Å². The molecule has 1 aliphatic rings. The molecular weight excluding hydrogens is 340 g/mol. The normalized spacial score (nSPS) is 20.7. The molecule has 1 nitrogen and oxygen atoms in total. The lowest BCUT2D eigenvalue weighted by Crippen LogP contribution is -2.46. The highest BCUT2D eigenvalue weighted by atomic mass is 35.7. The summed E-state index contributed by atoms with van der Waals surface area (Å²) in [4.78, 5) is 13.2. The number of hydrogen-bond acceptors (Lipinski definition) is 1. The molecule has 0 N–H and O–H groups in total. The second kappa shape index (κ2) is 7.58. The standard InChI is InChI=1S/C19H29ClOSSi/c1-22(20,15-14-16-10-8-9-11-16)19(23(2,3)4)18(21)17-12-6-5-7-13-17/h5-7,12-14,19H,8-11,15H2,1-4H3. The van der Waals surface area contributed by atoms with Crippen LogP contribution in [0.2, 0.25) is 19.6 Å². The Morgan fingerprint density at radius 2 is 1.78 bits per heavy atom. The van der Waals surface area contributed by atoms with Crippen LogP contribution in [0.25, 0.3) is 0 Å². The van der Waals surface area contributed by atoms with E-state index in [1.807, 2.05) is 30.3 Å². The smallest absolute Gasteiger partial charge is 0.172 e. The zero-order valence-electron chi connectivity index (χ0n) is 14.8. The van der Waals surface area contributed by atoms with E-state index >= 15 is 0 Å². The van der Waals surface area contributed by atoms with Crippen molar-refractivity contribution in [1.29, 1.82) is 0 Å². The molecule has 0 saturated heterocycles. The van der Waals surface area contributed by atoms with Gasteiger partial charge in [0.2, 0.25) is 0 Å². The Morgan fingerprint density at radius 1 is 1.22 bits per heavy atom. The Labute approximate surface area is 148 Å². The zero-order chi connectivity index (χ0) is 17.1. The average Bonchev–Trinajstić information content (AvgIpc) is 2.98. The van der Waals surface area contributed by atoms with Crippen molar-refractivity contribution in [2.75, 3.05) is 12.0 Å². The van der Waals surface area contributed by atoms with E-state index in [1.165, 1.54) is 25.7 Å². The summed E-state index contributed by atoms with van der Waals surface area (Å²) in [6.45, 7) is 6.82. The van der Waals surface area contributed by atoms with Crippen LogP contribution in [0.3, 0.4) is 0 Å². The summed E-state index contributed by atoms with van der Waals surface area (Å²) in [6.07, 6.45) is 9.54. The summed E-state index contributed by atoms with van der Waals surface area (Å²) in [5.74, 6) is 1.12. The van der Waals surface area contributed by atoms with Crippen molar-refractivity contribution in [1.82, 2.24) is 0 Å². The number of rotatable bonds is 6. The molecule has 1 fully saturated rings. The molecule has 1 aromatic carbocycles. The summed E-state index contributed by atoms with van der Waals surface area (Å²) in [6, 6.07) is 9.69. The minimum Gasteiger partial charge on any atom is -0.293 e. The Kier molecular flexibility index (Phi) is 6.20. The Bertz CT molecular complexity index is 567. The maximum absolute atomic E-state index is 13.2. The molecule has 4 heteroatoms. The van der Waals surface area contributed by atoms with E-state index in [0.29, 0.717) is 0 Å². The number of benzene rings is 1. The molecule has 128 valence electrons. The van der Waals surface area contributed by atoms with Crippen LogP contribution < -0.4 is 0 Å². The molecule has 0 aliphatic heterocycles. The quantitative estimate of drug-likeness (QED) is 0.331. The Balaban J connectivity index is 2.26. The number of carbonyl (C=O) groups excluding carboxylic acids is 1. The molecule has 23 heavy (non-hydrogen) atoms. The Hall–Kier alpha value is -0.513. The maximum atomic E-state index is 13.2. The van der Waals surface area contributed by atoms with Gasteiger partial charge in [0.1, 0.15) is 0 Å². The van der Waals surface area contributed by atoms with Crippen molar-refractivity contribution in [2.45, 2.75) is 50.2 Å². The van der Waals surface area contributed by atoms with Gasteiger partial charge in [-0.1, -0.05) is 72.3 Å². The van der Waals surface area contributed by atoms with E-state index in [1.54, 1.807) is 5.57 Å². The highest BCUT2D eigenvalue weighted by molar-refractivity contribution is 8.52. The SMILES string of the molecule is C[Si](C)(C)C(C(=O)c1ccccc1)S(C)(Cl)CC=C1CCCC1. The zero-order valence-corrected chi connectivity index (χ0v) is 17.3. The summed E-state index contributed by atoms with van der Waals surface area (Å²) >= 11 is 0. The fraction of sp³-hybridized carbons (Fsp3) is 0.526. The van der Waals surface area contributed by atoms with Crippen LogP contribution in [-0.2, 0) is 0 Å². The number of Topliss-reactive ketones (excluding diaryl/α,β-unsaturated/α-hetero) is 1. The van der Waals surface area contributed by atoms with Gasteiger partial charge in [0.25, 0.3) is 0 Å². The van der Waals surface area contributed by atoms with Gasteiger partial charge in [0.05, 0.1) is 12.9 Å². The lowest BCUT2D eigenvalue weighted by atomic mass is 10.1. The first-order chi connectivity index (χ1) is 10.7. The van der Waals surface area contributed by atoms with Gasteiger partial charge in [-0.2, -0.15) is 9.24 Å². The number of allylic oxidation sites excluding steroid dienone is 1. The number of carbonyl (C=O) groups is 1. The molecule has 2 atom stereocenters. The highest BCUT2D eigenvalue weighted by Crippen LogP contribution is 2.58. The first-order valence-electron chi connectivity index (χ1n) is 8.43. The first-order valence-corrected chi connectivity index (χ1v) is 15.1. The molecule has 0 bridgehead atoms. The molecule has 1 aromatic rings. The van der Waals surface area contributed by atoms with E-state index in [0.717, 1.165) is 11.3 Å². The molecule has 2 unspecified atom stereocenters. The summed E-state index contributed by atoms with van der Waals surface area (Å²) in [5, 5.41) is 0. The van der Waals surface area contributed by atoms with Crippen molar-refractivity contribution < 1.29 is 4.79 Å². The third-order valence-electron chi connectivity index (χ3n) is 4.52. The van der Waals surface area contributed by atoms with Crippen molar-refractivity contribution in [3.05, 3.63) is 47.5 Å². The fourth-order valence-corrected chi connectivity index (χ4v) is 14.8. The molecule has 1 saturated carbocycles.